The van der Waals surface area contributed by atoms with Gasteiger partial charge in [0.05, 0.1) is 5.56 Å². The van der Waals surface area contributed by atoms with E-state index in [4.69, 9.17) is 23.2 Å². The SMILES string of the molecule is O=C(c1ccnc(Cl)c1)[NH+]([O-])c1ccc(C(F)(F)F)nc1C1CCN(C/C=C/c2ccc(Cl)cc2)CC1. The summed E-state index contributed by atoms with van der Waals surface area (Å²) in [5, 5.41) is 12.8. The number of amides is 1. The number of alkyl halides is 3. The lowest BCUT2D eigenvalue weighted by Gasteiger charge is -2.32. The number of carbonyl (C=O) groups is 1. The van der Waals surface area contributed by atoms with Gasteiger partial charge in [0, 0.05) is 29.7 Å². The Morgan fingerprint density at radius 3 is 2.46 bits per heavy atom. The lowest BCUT2D eigenvalue weighted by molar-refractivity contribution is -0.680. The molecule has 2 aromatic heterocycles. The Bertz CT molecular complexity index is 1280. The molecule has 4 rings (SSSR count). The summed E-state index contributed by atoms with van der Waals surface area (Å²) in [6, 6.07) is 11.8. The number of likely N-dealkylation sites (tertiary alicyclic amines) is 1. The highest BCUT2D eigenvalue weighted by Gasteiger charge is 2.36. The number of benzene rings is 1. The number of carbonyl (C=O) groups excluding carboxylic acids is 1. The van der Waals surface area contributed by atoms with E-state index in [1.807, 2.05) is 36.4 Å². The van der Waals surface area contributed by atoms with Crippen molar-refractivity contribution in [3.8, 4) is 0 Å². The van der Waals surface area contributed by atoms with Gasteiger partial charge in [-0.25, -0.2) is 14.8 Å². The third kappa shape index (κ3) is 6.94. The molecular formula is C26H23Cl2F3N4O2. The first kappa shape index (κ1) is 27.2. The van der Waals surface area contributed by atoms with E-state index in [1.165, 1.54) is 18.3 Å². The van der Waals surface area contributed by atoms with Crippen LogP contribution in [-0.4, -0.2) is 40.4 Å². The zero-order valence-electron chi connectivity index (χ0n) is 19.5. The Balaban J connectivity index is 1.50. The molecule has 1 aliphatic heterocycles. The van der Waals surface area contributed by atoms with Crippen LogP contribution in [0, 0.1) is 5.21 Å². The fourth-order valence-corrected chi connectivity index (χ4v) is 4.53. The summed E-state index contributed by atoms with van der Waals surface area (Å²) in [5.74, 6) is -1.27. The van der Waals surface area contributed by atoms with Crippen molar-refractivity contribution in [2.75, 3.05) is 19.6 Å². The number of piperidine rings is 1. The molecule has 0 bridgehead atoms. The molecule has 6 nitrogen and oxygen atoms in total. The second kappa shape index (κ2) is 11.7. The van der Waals surface area contributed by atoms with E-state index in [2.05, 4.69) is 14.9 Å². The standard InChI is InChI=1S/C26H23Cl2F3N4O2/c27-20-5-3-17(4-6-20)2-1-13-34-14-10-18(11-15-34)24-21(7-8-22(33-24)26(29,30)31)35(37)25(36)19-9-12-32-23(28)16-19/h1-9,12,16,18,35H,10-11,13-15H2/b2-1+. The number of nitrogens with zero attached hydrogens (tertiary/aromatic N) is 3. The minimum atomic E-state index is -4.67. The Morgan fingerprint density at radius 1 is 1.11 bits per heavy atom. The second-order valence-electron chi connectivity index (χ2n) is 8.68. The summed E-state index contributed by atoms with van der Waals surface area (Å²) < 4.78 is 40.3. The summed E-state index contributed by atoms with van der Waals surface area (Å²) in [4.78, 5) is 22.6. The van der Waals surface area contributed by atoms with Crippen molar-refractivity contribution in [2.24, 2.45) is 0 Å². The van der Waals surface area contributed by atoms with E-state index in [0.717, 1.165) is 17.7 Å². The van der Waals surface area contributed by atoms with Gasteiger partial charge in [0.1, 0.15) is 16.5 Å². The Labute approximate surface area is 221 Å². The van der Waals surface area contributed by atoms with E-state index in [0.29, 0.717) is 37.5 Å². The van der Waals surface area contributed by atoms with Gasteiger partial charge < -0.3 is 5.21 Å². The van der Waals surface area contributed by atoms with Crippen LogP contribution in [0.25, 0.3) is 6.08 Å². The van der Waals surface area contributed by atoms with Gasteiger partial charge in [-0.05, 0) is 61.8 Å². The van der Waals surface area contributed by atoms with Crippen LogP contribution in [0.1, 0.15) is 46.1 Å². The molecule has 11 heteroatoms. The molecule has 37 heavy (non-hydrogen) atoms. The van der Waals surface area contributed by atoms with Gasteiger partial charge in [-0.1, -0.05) is 47.5 Å². The van der Waals surface area contributed by atoms with E-state index in [-0.39, 0.29) is 22.1 Å². The lowest BCUT2D eigenvalue weighted by Crippen LogP contribution is -3.05. The van der Waals surface area contributed by atoms with Crippen LogP contribution in [0.3, 0.4) is 0 Å². The summed E-state index contributed by atoms with van der Waals surface area (Å²) in [7, 11) is 0. The van der Waals surface area contributed by atoms with Crippen LogP contribution in [0.5, 0.6) is 0 Å². The van der Waals surface area contributed by atoms with E-state index in [9.17, 15) is 23.2 Å². The molecule has 0 radical (unpaired) electrons. The maximum Gasteiger partial charge on any atom is 0.433 e. The Hall–Kier alpha value is -2.82. The molecule has 1 aliphatic rings. The van der Waals surface area contributed by atoms with Crippen LogP contribution in [0.2, 0.25) is 10.2 Å². The van der Waals surface area contributed by atoms with Crippen molar-refractivity contribution in [3.63, 3.8) is 0 Å². The average Bonchev–Trinajstić information content (AvgIpc) is 2.88. The number of pyridine rings is 2. The van der Waals surface area contributed by atoms with Crippen molar-refractivity contribution in [1.29, 1.82) is 0 Å². The van der Waals surface area contributed by atoms with Gasteiger partial charge in [-0.3, -0.25) is 9.96 Å². The molecular weight excluding hydrogens is 528 g/mol. The Kier molecular flexibility index (Phi) is 8.61. The molecule has 194 valence electrons. The van der Waals surface area contributed by atoms with Crippen LogP contribution in [0.15, 0.2) is 60.8 Å². The fourth-order valence-electron chi connectivity index (χ4n) is 4.23. The summed E-state index contributed by atoms with van der Waals surface area (Å²) >= 11 is 11.7. The average molecular weight is 551 g/mol. The summed E-state index contributed by atoms with van der Waals surface area (Å²) in [6.45, 7) is 1.88. The molecule has 1 saturated heterocycles. The van der Waals surface area contributed by atoms with Crippen LogP contribution >= 0.6 is 23.2 Å². The zero-order chi connectivity index (χ0) is 26.6. The third-order valence-electron chi connectivity index (χ3n) is 6.17. The third-order valence-corrected chi connectivity index (χ3v) is 6.63. The first-order valence-electron chi connectivity index (χ1n) is 11.5. The van der Waals surface area contributed by atoms with Crippen LogP contribution in [-0.2, 0) is 6.18 Å². The van der Waals surface area contributed by atoms with Crippen molar-refractivity contribution in [3.05, 3.63) is 98.7 Å². The topological polar surface area (TPSA) is 73.6 Å². The molecule has 1 fully saturated rings. The molecule has 3 aromatic rings. The smallest absolute Gasteiger partial charge is 0.433 e. The predicted molar refractivity (Wildman–Crippen MR) is 136 cm³/mol. The van der Waals surface area contributed by atoms with E-state index < -0.39 is 28.8 Å². The summed E-state index contributed by atoms with van der Waals surface area (Å²) in [5.41, 5.74) is -0.183. The monoisotopic (exact) mass is 550 g/mol. The second-order valence-corrected chi connectivity index (χ2v) is 9.51. The van der Waals surface area contributed by atoms with Crippen LogP contribution in [0.4, 0.5) is 18.9 Å². The van der Waals surface area contributed by atoms with Gasteiger partial charge >= 0.3 is 12.1 Å². The van der Waals surface area contributed by atoms with E-state index >= 15 is 0 Å². The molecule has 1 aromatic carbocycles. The minimum Gasteiger partial charge on any atom is -0.621 e. The maximum atomic E-state index is 13.4. The highest BCUT2D eigenvalue weighted by atomic mass is 35.5. The highest BCUT2D eigenvalue weighted by molar-refractivity contribution is 6.30. The normalized spacial score (nSPS) is 16.3. The number of hydrogen-bond donors (Lipinski definition) is 1. The van der Waals surface area contributed by atoms with Gasteiger partial charge in [0.25, 0.3) is 0 Å². The van der Waals surface area contributed by atoms with Crippen molar-refractivity contribution in [1.82, 2.24) is 14.9 Å². The fraction of sp³-hybridized carbons (Fsp3) is 0.269. The number of halogens is 5. The molecule has 1 amide bonds. The van der Waals surface area contributed by atoms with Crippen molar-refractivity contribution < 1.29 is 23.0 Å². The molecule has 0 spiro atoms. The van der Waals surface area contributed by atoms with Gasteiger partial charge in [0.2, 0.25) is 0 Å². The minimum absolute atomic E-state index is 0.00434. The summed E-state index contributed by atoms with van der Waals surface area (Å²) in [6.07, 6.45) is 1.60. The van der Waals surface area contributed by atoms with Crippen molar-refractivity contribution in [2.45, 2.75) is 24.9 Å². The molecule has 0 aliphatic carbocycles. The lowest BCUT2D eigenvalue weighted by atomic mass is 9.91. The first-order chi connectivity index (χ1) is 17.6. The molecule has 1 atom stereocenters. The maximum absolute atomic E-state index is 13.4. The molecule has 3 heterocycles. The largest absolute Gasteiger partial charge is 0.621 e. The number of quaternary nitrogens is 1. The van der Waals surface area contributed by atoms with E-state index in [1.54, 1.807) is 0 Å². The number of aromatic nitrogens is 2. The van der Waals surface area contributed by atoms with Crippen LogP contribution < -0.4 is 5.06 Å². The van der Waals surface area contributed by atoms with Crippen molar-refractivity contribution >= 4 is 40.9 Å². The predicted octanol–water partition coefficient (Wildman–Crippen LogP) is 5.55. The number of rotatable bonds is 6. The molecule has 0 saturated carbocycles. The number of nitrogens with one attached hydrogen (secondary N) is 1. The number of hydroxylamine groups is 1. The Morgan fingerprint density at radius 2 is 1.81 bits per heavy atom. The highest BCUT2D eigenvalue weighted by Crippen LogP contribution is 2.34. The first-order valence-corrected chi connectivity index (χ1v) is 12.3. The molecule has 1 N–H and O–H groups in total. The zero-order valence-corrected chi connectivity index (χ0v) is 21.0. The quantitative estimate of drug-likeness (QED) is 0.321. The van der Waals surface area contributed by atoms with Gasteiger partial charge in [-0.2, -0.15) is 13.2 Å². The van der Waals surface area contributed by atoms with Gasteiger partial charge in [-0.15, -0.1) is 0 Å². The van der Waals surface area contributed by atoms with Gasteiger partial charge in [0.15, 0.2) is 5.69 Å². The number of hydrogen-bond acceptors (Lipinski definition) is 5. The molecule has 1 unspecified atom stereocenters.